The highest BCUT2D eigenvalue weighted by Gasteiger charge is 2.31. The first-order valence-electron chi connectivity index (χ1n) is 12.5. The van der Waals surface area contributed by atoms with E-state index in [-0.39, 0.29) is 31.0 Å². The first kappa shape index (κ1) is 28.5. The van der Waals surface area contributed by atoms with Gasteiger partial charge in [0.25, 0.3) is 5.91 Å². The van der Waals surface area contributed by atoms with Crippen LogP contribution in [0.1, 0.15) is 42.5 Å². The Bertz CT molecular complexity index is 1220. The molecule has 1 N–H and O–H groups in total. The number of nitrogens with zero attached hydrogens (tertiary/aromatic N) is 1. The Morgan fingerprint density at radius 2 is 1.68 bits per heavy atom. The number of hydrogen-bond acceptors (Lipinski definition) is 3. The van der Waals surface area contributed by atoms with Crippen molar-refractivity contribution < 1.29 is 14.3 Å². The van der Waals surface area contributed by atoms with Gasteiger partial charge >= 0.3 is 0 Å². The largest absolute Gasteiger partial charge is 0.483 e. The molecule has 0 saturated heterocycles. The van der Waals surface area contributed by atoms with Crippen molar-refractivity contribution in [2.45, 2.75) is 59.2 Å². The molecule has 3 aromatic rings. The van der Waals surface area contributed by atoms with Gasteiger partial charge in [-0.25, -0.2) is 0 Å². The summed E-state index contributed by atoms with van der Waals surface area (Å²) in [6.45, 7) is 7.88. The van der Waals surface area contributed by atoms with Crippen LogP contribution in [0.5, 0.6) is 5.75 Å². The second-order valence-corrected chi connectivity index (χ2v) is 10.2. The summed E-state index contributed by atoms with van der Waals surface area (Å²) >= 11 is 12.4. The second kappa shape index (κ2) is 13.5. The molecule has 2 amide bonds. The summed E-state index contributed by atoms with van der Waals surface area (Å²) in [5.74, 6) is 0.126. The number of amides is 2. The van der Waals surface area contributed by atoms with E-state index in [1.807, 2.05) is 82.3 Å². The molecule has 0 aliphatic heterocycles. The fourth-order valence-corrected chi connectivity index (χ4v) is 4.33. The molecule has 3 rings (SSSR count). The molecular weight excluding hydrogens is 507 g/mol. The van der Waals surface area contributed by atoms with Crippen LogP contribution in [0, 0.1) is 13.8 Å². The molecular formula is C30H34Cl2N2O3. The number of rotatable bonds is 11. The highest BCUT2D eigenvalue weighted by atomic mass is 35.5. The summed E-state index contributed by atoms with van der Waals surface area (Å²) in [6, 6.07) is 19.9. The molecule has 5 nitrogen and oxygen atoms in total. The summed E-state index contributed by atoms with van der Waals surface area (Å²) in [5, 5.41) is 3.88. The van der Waals surface area contributed by atoms with Crippen molar-refractivity contribution in [3.05, 3.63) is 99.0 Å². The fourth-order valence-electron chi connectivity index (χ4n) is 4.01. The summed E-state index contributed by atoms with van der Waals surface area (Å²) in [5.41, 5.74) is 3.78. The predicted molar refractivity (Wildman–Crippen MR) is 150 cm³/mol. The van der Waals surface area contributed by atoms with Gasteiger partial charge in [-0.15, -0.1) is 0 Å². The molecule has 0 radical (unpaired) electrons. The molecule has 2 atom stereocenters. The molecule has 0 bridgehead atoms. The monoisotopic (exact) mass is 540 g/mol. The van der Waals surface area contributed by atoms with Crippen molar-refractivity contribution in [2.24, 2.45) is 0 Å². The number of nitrogens with one attached hydrogen (secondary N) is 1. The van der Waals surface area contributed by atoms with E-state index < -0.39 is 6.04 Å². The Balaban J connectivity index is 1.94. The third kappa shape index (κ3) is 8.24. The van der Waals surface area contributed by atoms with Crippen LogP contribution in [0.2, 0.25) is 10.0 Å². The van der Waals surface area contributed by atoms with Gasteiger partial charge in [-0.05, 0) is 62.1 Å². The first-order chi connectivity index (χ1) is 17.7. The lowest BCUT2D eigenvalue weighted by molar-refractivity contribution is -0.143. The van der Waals surface area contributed by atoms with E-state index in [4.69, 9.17) is 27.9 Å². The van der Waals surface area contributed by atoms with E-state index in [1.165, 1.54) is 0 Å². The zero-order valence-electron chi connectivity index (χ0n) is 21.8. The van der Waals surface area contributed by atoms with Crippen molar-refractivity contribution >= 4 is 35.0 Å². The molecule has 0 heterocycles. The van der Waals surface area contributed by atoms with Crippen LogP contribution in [-0.4, -0.2) is 35.4 Å². The standard InChI is InChI=1S/C30H34Cl2N2O3/c1-5-22(4)33-30(36)27(17-23-9-7-6-8-10-23)34(18-24-12-13-25(31)26(32)16-24)29(35)19-37-28-14-11-20(2)15-21(28)3/h6-16,22,27H,5,17-19H2,1-4H3,(H,33,36)/t22-,27+/m0/s1. The Kier molecular flexibility index (Phi) is 10.4. The van der Waals surface area contributed by atoms with Crippen LogP contribution in [0.4, 0.5) is 0 Å². The SMILES string of the molecule is CC[C@H](C)NC(=O)[C@@H](Cc1ccccc1)N(Cc1ccc(Cl)c(Cl)c1)C(=O)COc1ccc(C)cc1C. The number of carbonyl (C=O) groups excluding carboxylic acids is 2. The lowest BCUT2D eigenvalue weighted by Crippen LogP contribution is -2.53. The van der Waals surface area contributed by atoms with Gasteiger partial charge in [0, 0.05) is 19.0 Å². The van der Waals surface area contributed by atoms with Crippen molar-refractivity contribution in [3.8, 4) is 5.75 Å². The van der Waals surface area contributed by atoms with Gasteiger partial charge in [0.05, 0.1) is 10.0 Å². The van der Waals surface area contributed by atoms with Crippen molar-refractivity contribution in [2.75, 3.05) is 6.61 Å². The molecule has 196 valence electrons. The first-order valence-corrected chi connectivity index (χ1v) is 13.2. The van der Waals surface area contributed by atoms with E-state index >= 15 is 0 Å². The van der Waals surface area contributed by atoms with E-state index in [1.54, 1.807) is 17.0 Å². The van der Waals surface area contributed by atoms with Gasteiger partial charge in [0.2, 0.25) is 5.91 Å². The summed E-state index contributed by atoms with van der Waals surface area (Å²) in [6.07, 6.45) is 1.14. The van der Waals surface area contributed by atoms with Gasteiger partial charge in [0.1, 0.15) is 11.8 Å². The van der Waals surface area contributed by atoms with Crippen LogP contribution >= 0.6 is 23.2 Å². The third-order valence-corrected chi connectivity index (χ3v) is 7.03. The highest BCUT2D eigenvalue weighted by Crippen LogP contribution is 2.25. The van der Waals surface area contributed by atoms with E-state index in [9.17, 15) is 9.59 Å². The molecule has 0 unspecified atom stereocenters. The highest BCUT2D eigenvalue weighted by molar-refractivity contribution is 6.42. The second-order valence-electron chi connectivity index (χ2n) is 9.35. The van der Waals surface area contributed by atoms with Crippen molar-refractivity contribution in [1.82, 2.24) is 10.2 Å². The molecule has 0 fully saturated rings. The van der Waals surface area contributed by atoms with Crippen LogP contribution < -0.4 is 10.1 Å². The smallest absolute Gasteiger partial charge is 0.261 e. The van der Waals surface area contributed by atoms with Crippen LogP contribution in [0.3, 0.4) is 0 Å². The van der Waals surface area contributed by atoms with Gasteiger partial charge in [-0.2, -0.15) is 0 Å². The van der Waals surface area contributed by atoms with Crippen molar-refractivity contribution in [3.63, 3.8) is 0 Å². The average molecular weight is 542 g/mol. The minimum Gasteiger partial charge on any atom is -0.483 e. The van der Waals surface area contributed by atoms with E-state index in [2.05, 4.69) is 5.32 Å². The van der Waals surface area contributed by atoms with E-state index in [0.717, 1.165) is 28.7 Å². The topological polar surface area (TPSA) is 58.6 Å². The Morgan fingerprint density at radius 1 is 0.946 bits per heavy atom. The Morgan fingerprint density at radius 3 is 2.32 bits per heavy atom. The number of halogens is 2. The van der Waals surface area contributed by atoms with Gasteiger partial charge < -0.3 is 15.0 Å². The Hall–Kier alpha value is -3.02. The third-order valence-electron chi connectivity index (χ3n) is 6.29. The molecule has 3 aromatic carbocycles. The van der Waals surface area contributed by atoms with Gasteiger partial charge in [-0.3, -0.25) is 9.59 Å². The number of ether oxygens (including phenoxy) is 1. The molecule has 0 spiro atoms. The molecule has 0 saturated carbocycles. The fraction of sp³-hybridized carbons (Fsp3) is 0.333. The molecule has 37 heavy (non-hydrogen) atoms. The minimum absolute atomic E-state index is 0.0286. The van der Waals surface area contributed by atoms with Crippen LogP contribution in [0.15, 0.2) is 66.7 Å². The average Bonchev–Trinajstić information content (AvgIpc) is 2.88. The lowest BCUT2D eigenvalue weighted by Gasteiger charge is -2.32. The minimum atomic E-state index is -0.749. The maximum atomic E-state index is 13.7. The number of aryl methyl sites for hydroxylation is 2. The van der Waals surface area contributed by atoms with Gasteiger partial charge in [0.15, 0.2) is 6.61 Å². The maximum absolute atomic E-state index is 13.7. The van der Waals surface area contributed by atoms with E-state index in [0.29, 0.717) is 22.2 Å². The predicted octanol–water partition coefficient (Wildman–Crippen LogP) is 6.54. The van der Waals surface area contributed by atoms with Gasteiger partial charge in [-0.1, -0.05) is 84.2 Å². The number of carbonyl (C=O) groups is 2. The summed E-state index contributed by atoms with van der Waals surface area (Å²) in [4.78, 5) is 28.8. The maximum Gasteiger partial charge on any atom is 0.261 e. The Labute approximate surface area is 229 Å². The molecule has 0 aliphatic carbocycles. The number of hydrogen-bond donors (Lipinski definition) is 1. The molecule has 0 aliphatic rings. The van der Waals surface area contributed by atoms with Crippen LogP contribution in [0.25, 0.3) is 0 Å². The van der Waals surface area contributed by atoms with Crippen molar-refractivity contribution in [1.29, 1.82) is 0 Å². The summed E-state index contributed by atoms with van der Waals surface area (Å²) < 4.78 is 5.93. The summed E-state index contributed by atoms with van der Waals surface area (Å²) in [7, 11) is 0. The zero-order valence-corrected chi connectivity index (χ0v) is 23.3. The zero-order chi connectivity index (χ0) is 26.9. The van der Waals surface area contributed by atoms with Crippen LogP contribution in [-0.2, 0) is 22.6 Å². The number of benzene rings is 3. The molecule has 0 aromatic heterocycles. The molecule has 7 heteroatoms. The quantitative estimate of drug-likeness (QED) is 0.300. The lowest BCUT2D eigenvalue weighted by atomic mass is 10.0. The normalized spacial score (nSPS) is 12.5.